The lowest BCUT2D eigenvalue weighted by Crippen LogP contribution is -2.01. The van der Waals surface area contributed by atoms with E-state index in [1.807, 2.05) is 72.8 Å². The van der Waals surface area contributed by atoms with E-state index in [4.69, 9.17) is 4.74 Å². The molecule has 0 heterocycles. The van der Waals surface area contributed by atoms with Gasteiger partial charge in [0.1, 0.15) is 0 Å². The summed E-state index contributed by atoms with van der Waals surface area (Å²) >= 11 is 0. The number of hydrogen-bond acceptors (Lipinski definition) is 3. The van der Waals surface area contributed by atoms with E-state index in [9.17, 15) is 9.59 Å². The van der Waals surface area contributed by atoms with Crippen LogP contribution in [0.3, 0.4) is 0 Å². The Balaban J connectivity index is 1.90. The van der Waals surface area contributed by atoms with E-state index in [0.29, 0.717) is 22.3 Å². The number of methoxy groups -OCH3 is 1. The fourth-order valence-electron chi connectivity index (χ4n) is 3.34. The van der Waals surface area contributed by atoms with Gasteiger partial charge >= 0.3 is 5.97 Å². The average Bonchev–Trinajstić information content (AvgIpc) is 3.01. The van der Waals surface area contributed by atoms with Crippen LogP contribution in [0.1, 0.15) is 26.3 Å². The fourth-order valence-corrected chi connectivity index (χ4v) is 3.34. The van der Waals surface area contributed by atoms with Gasteiger partial charge in [0.25, 0.3) is 0 Å². The minimum Gasteiger partial charge on any atom is -0.465 e. The average molecular weight is 340 g/mol. The Labute approximate surface area is 151 Å². The second kappa shape index (κ2) is 6.45. The normalized spacial score (nSPS) is 10.8. The Morgan fingerprint density at radius 2 is 1.27 bits per heavy atom. The molecule has 0 spiro atoms. The molecule has 0 aromatic rings. The van der Waals surface area contributed by atoms with Crippen LogP contribution in [0.5, 0.6) is 0 Å². The summed E-state index contributed by atoms with van der Waals surface area (Å²) in [5.41, 5.74) is 4.91. The zero-order chi connectivity index (χ0) is 18.1. The van der Waals surface area contributed by atoms with Crippen molar-refractivity contribution in [2.24, 2.45) is 0 Å². The Morgan fingerprint density at radius 3 is 1.96 bits per heavy atom. The number of rotatable bonds is 3. The van der Waals surface area contributed by atoms with Crippen molar-refractivity contribution >= 4 is 11.8 Å². The van der Waals surface area contributed by atoms with Crippen LogP contribution in [-0.4, -0.2) is 18.9 Å². The van der Waals surface area contributed by atoms with Gasteiger partial charge < -0.3 is 4.74 Å². The van der Waals surface area contributed by atoms with E-state index >= 15 is 0 Å². The molecule has 0 aromatic carbocycles. The maximum absolute atomic E-state index is 13.3. The van der Waals surface area contributed by atoms with Crippen molar-refractivity contribution < 1.29 is 14.3 Å². The van der Waals surface area contributed by atoms with E-state index in [1.165, 1.54) is 7.11 Å². The quantitative estimate of drug-likeness (QED) is 0.393. The SMILES string of the molecule is COC(=O)c1cc(C(=O)c2ccc3cccccc2-3)c2cccccc1-2. The number of carbonyl (C=O) groups excluding carboxylic acids is 2. The Morgan fingerprint density at radius 1 is 0.654 bits per heavy atom. The summed E-state index contributed by atoms with van der Waals surface area (Å²) in [6.45, 7) is 0. The van der Waals surface area contributed by atoms with Crippen LogP contribution in [0.2, 0.25) is 0 Å². The second-order valence-corrected chi connectivity index (χ2v) is 6.06. The van der Waals surface area contributed by atoms with E-state index in [2.05, 4.69) is 0 Å². The molecule has 4 aliphatic rings. The third-order valence-corrected chi connectivity index (χ3v) is 4.59. The fraction of sp³-hybridized carbons (Fsp3) is 0.0435. The van der Waals surface area contributed by atoms with Gasteiger partial charge in [-0.15, -0.1) is 0 Å². The maximum atomic E-state index is 13.3. The van der Waals surface area contributed by atoms with Crippen LogP contribution in [0, 0.1) is 0 Å². The first-order valence-electron chi connectivity index (χ1n) is 8.33. The molecule has 0 fully saturated rings. The van der Waals surface area contributed by atoms with E-state index in [1.54, 1.807) is 6.07 Å². The van der Waals surface area contributed by atoms with Crippen molar-refractivity contribution in [1.29, 1.82) is 0 Å². The molecular formula is C23H16O3. The first-order chi connectivity index (χ1) is 12.7. The second-order valence-electron chi connectivity index (χ2n) is 6.06. The summed E-state index contributed by atoms with van der Waals surface area (Å²) in [4.78, 5) is 25.5. The van der Waals surface area contributed by atoms with Crippen LogP contribution in [0.4, 0.5) is 0 Å². The van der Waals surface area contributed by atoms with Crippen LogP contribution in [-0.2, 0) is 4.74 Å². The van der Waals surface area contributed by atoms with Crippen LogP contribution in [0.25, 0.3) is 22.3 Å². The van der Waals surface area contributed by atoms with Crippen molar-refractivity contribution in [3.8, 4) is 22.3 Å². The third kappa shape index (κ3) is 2.54. The summed E-state index contributed by atoms with van der Waals surface area (Å²) < 4.78 is 4.89. The Hall–Kier alpha value is -3.46. The van der Waals surface area contributed by atoms with Crippen LogP contribution in [0.15, 0.2) is 78.9 Å². The maximum Gasteiger partial charge on any atom is 0.338 e. The largest absolute Gasteiger partial charge is 0.465 e. The van der Waals surface area contributed by atoms with Gasteiger partial charge in [-0.1, -0.05) is 66.7 Å². The molecule has 0 aliphatic heterocycles. The summed E-state index contributed by atoms with van der Waals surface area (Å²) in [6.07, 6.45) is 0. The van der Waals surface area contributed by atoms with Gasteiger partial charge in [0, 0.05) is 11.1 Å². The van der Waals surface area contributed by atoms with E-state index in [-0.39, 0.29) is 5.78 Å². The number of ether oxygens (including phenoxy) is 1. The molecule has 0 atom stereocenters. The van der Waals surface area contributed by atoms with Crippen molar-refractivity contribution in [3.63, 3.8) is 0 Å². The molecule has 126 valence electrons. The molecule has 0 saturated carbocycles. The lowest BCUT2D eigenvalue weighted by atomic mass is 9.99. The first-order valence-corrected chi connectivity index (χ1v) is 8.33. The number of hydrogen-bond donors (Lipinski definition) is 0. The smallest absolute Gasteiger partial charge is 0.338 e. The van der Waals surface area contributed by atoms with Gasteiger partial charge in [0.2, 0.25) is 0 Å². The number of carbonyl (C=O) groups is 2. The summed E-state index contributed by atoms with van der Waals surface area (Å²) in [7, 11) is 1.34. The highest BCUT2D eigenvalue weighted by atomic mass is 16.5. The van der Waals surface area contributed by atoms with Crippen LogP contribution >= 0.6 is 0 Å². The molecule has 4 aliphatic carbocycles. The first kappa shape index (κ1) is 16.0. The molecule has 0 radical (unpaired) electrons. The predicted octanol–water partition coefficient (Wildman–Crippen LogP) is 4.91. The van der Waals surface area contributed by atoms with Crippen LogP contribution < -0.4 is 0 Å². The lowest BCUT2D eigenvalue weighted by molar-refractivity contribution is 0.0602. The molecule has 3 heteroatoms. The van der Waals surface area contributed by atoms with Crippen molar-refractivity contribution in [3.05, 3.63) is 95.6 Å². The van der Waals surface area contributed by atoms with Gasteiger partial charge in [-0.2, -0.15) is 0 Å². The highest BCUT2D eigenvalue weighted by Crippen LogP contribution is 2.36. The van der Waals surface area contributed by atoms with Gasteiger partial charge in [-0.05, 0) is 34.4 Å². The molecule has 0 aromatic heterocycles. The summed E-state index contributed by atoms with van der Waals surface area (Å²) in [5.74, 6) is -0.545. The minimum atomic E-state index is -0.445. The standard InChI is InChI=1S/C23H16O3/c1-26-23(25)21-14-20(17-10-6-3-7-11-18(17)21)22(24)19-13-12-15-8-4-2-5-9-16(15)19/h2-14H,1H3. The van der Waals surface area contributed by atoms with E-state index < -0.39 is 5.97 Å². The highest BCUT2D eigenvalue weighted by molar-refractivity contribution is 6.19. The van der Waals surface area contributed by atoms with Gasteiger partial charge in [0.05, 0.1) is 12.7 Å². The van der Waals surface area contributed by atoms with Gasteiger partial charge in [-0.3, -0.25) is 4.79 Å². The summed E-state index contributed by atoms with van der Waals surface area (Å²) in [6, 6.07) is 24.4. The molecule has 3 nitrogen and oxygen atoms in total. The minimum absolute atomic E-state index is 0.0995. The zero-order valence-electron chi connectivity index (χ0n) is 14.2. The van der Waals surface area contributed by atoms with Crippen molar-refractivity contribution in [1.82, 2.24) is 0 Å². The molecule has 0 bridgehead atoms. The van der Waals surface area contributed by atoms with Crippen molar-refractivity contribution in [2.75, 3.05) is 7.11 Å². The summed E-state index contributed by atoms with van der Waals surface area (Å²) in [5, 5.41) is 0. The zero-order valence-corrected chi connectivity index (χ0v) is 14.2. The molecule has 0 amide bonds. The molecule has 0 saturated heterocycles. The topological polar surface area (TPSA) is 43.4 Å². The Bertz CT molecular complexity index is 1060. The number of ketones is 1. The molecule has 0 unspecified atom stereocenters. The lowest BCUT2D eigenvalue weighted by Gasteiger charge is -2.03. The van der Waals surface area contributed by atoms with Crippen molar-refractivity contribution in [2.45, 2.75) is 0 Å². The Kier molecular flexibility index (Phi) is 3.98. The highest BCUT2D eigenvalue weighted by Gasteiger charge is 2.26. The number of fused-ring (bicyclic) bond motifs is 2. The van der Waals surface area contributed by atoms with Gasteiger partial charge in [0.15, 0.2) is 5.78 Å². The predicted molar refractivity (Wildman–Crippen MR) is 101 cm³/mol. The van der Waals surface area contributed by atoms with Gasteiger partial charge in [-0.25, -0.2) is 4.79 Å². The number of esters is 1. The van der Waals surface area contributed by atoms with E-state index in [0.717, 1.165) is 16.7 Å². The monoisotopic (exact) mass is 340 g/mol. The molecule has 0 N–H and O–H groups in total. The molecule has 26 heavy (non-hydrogen) atoms. The molecule has 4 rings (SSSR count). The third-order valence-electron chi connectivity index (χ3n) is 4.59. The molecular weight excluding hydrogens is 324 g/mol.